The predicted molar refractivity (Wildman–Crippen MR) is 119 cm³/mol. The Morgan fingerprint density at radius 2 is 1.73 bits per heavy atom. The molecule has 7 heteroatoms. The van der Waals surface area contributed by atoms with Crippen LogP contribution in [0.15, 0.2) is 53.5 Å². The van der Waals surface area contributed by atoms with Gasteiger partial charge in [-0.05, 0) is 29.8 Å². The minimum atomic E-state index is 0. The first-order valence-electron chi connectivity index (χ1n) is 8.40. The van der Waals surface area contributed by atoms with Crippen LogP contribution in [-0.2, 0) is 6.54 Å². The molecule has 0 aliphatic carbocycles. The van der Waals surface area contributed by atoms with Crippen LogP contribution in [-0.4, -0.2) is 49.2 Å². The summed E-state index contributed by atoms with van der Waals surface area (Å²) < 4.78 is 0. The summed E-state index contributed by atoms with van der Waals surface area (Å²) in [6, 6.07) is 15.3. The Hall–Kier alpha value is -1.67. The topological polar surface area (TPSA) is 51.1 Å². The minimum Gasteiger partial charge on any atom is -0.506 e. The Balaban J connectivity index is 0.00000243. The Morgan fingerprint density at radius 3 is 2.35 bits per heavy atom. The first kappa shape index (κ1) is 20.6. The average molecular weight is 487 g/mol. The van der Waals surface area contributed by atoms with Crippen molar-refractivity contribution in [3.63, 3.8) is 0 Å². The summed E-state index contributed by atoms with van der Waals surface area (Å²) in [4.78, 5) is 8.85. The lowest BCUT2D eigenvalue weighted by atomic mass is 10.2. The van der Waals surface area contributed by atoms with Crippen LogP contribution in [0.5, 0.6) is 5.75 Å². The van der Waals surface area contributed by atoms with Crippen molar-refractivity contribution in [2.45, 2.75) is 6.54 Å². The van der Waals surface area contributed by atoms with E-state index in [0.717, 1.165) is 42.8 Å². The zero-order valence-corrected chi connectivity index (χ0v) is 17.8. The highest BCUT2D eigenvalue weighted by atomic mass is 127. The Labute approximate surface area is 176 Å². The van der Waals surface area contributed by atoms with E-state index < -0.39 is 0 Å². The van der Waals surface area contributed by atoms with Crippen molar-refractivity contribution >= 4 is 47.2 Å². The maximum absolute atomic E-state index is 10.0. The maximum Gasteiger partial charge on any atom is 0.194 e. The third-order valence-corrected chi connectivity index (χ3v) is 4.63. The number of halogens is 2. The number of hydrogen-bond donors (Lipinski definition) is 2. The van der Waals surface area contributed by atoms with Gasteiger partial charge in [0.1, 0.15) is 5.75 Å². The van der Waals surface area contributed by atoms with Crippen LogP contribution < -0.4 is 10.2 Å². The van der Waals surface area contributed by atoms with Gasteiger partial charge < -0.3 is 20.2 Å². The van der Waals surface area contributed by atoms with Crippen LogP contribution in [0.3, 0.4) is 0 Å². The third-order valence-electron chi connectivity index (χ3n) is 4.38. The fraction of sp³-hybridized carbons (Fsp3) is 0.316. The fourth-order valence-electron chi connectivity index (χ4n) is 3.01. The van der Waals surface area contributed by atoms with Crippen LogP contribution in [0, 0.1) is 0 Å². The van der Waals surface area contributed by atoms with Crippen molar-refractivity contribution in [3.05, 3.63) is 59.1 Å². The molecule has 1 heterocycles. The van der Waals surface area contributed by atoms with Gasteiger partial charge in [0.25, 0.3) is 0 Å². The van der Waals surface area contributed by atoms with Crippen LogP contribution in [0.25, 0.3) is 0 Å². The molecule has 5 nitrogen and oxygen atoms in total. The van der Waals surface area contributed by atoms with Crippen molar-refractivity contribution in [2.24, 2.45) is 4.99 Å². The molecule has 0 bridgehead atoms. The SMILES string of the molecule is CN=C(NCc1ccc(Cl)cc1)N1CCN(c2ccccc2O)CC1.I. The monoisotopic (exact) mass is 486 g/mol. The molecule has 1 aliphatic rings. The number of benzene rings is 2. The molecule has 2 aromatic rings. The molecule has 2 N–H and O–H groups in total. The number of aliphatic imine (C=N–C) groups is 1. The van der Waals surface area contributed by atoms with E-state index in [1.807, 2.05) is 42.5 Å². The molecule has 26 heavy (non-hydrogen) atoms. The largest absolute Gasteiger partial charge is 0.506 e. The van der Waals surface area contributed by atoms with Crippen molar-refractivity contribution < 1.29 is 5.11 Å². The first-order chi connectivity index (χ1) is 12.2. The highest BCUT2D eigenvalue weighted by molar-refractivity contribution is 14.0. The summed E-state index contributed by atoms with van der Waals surface area (Å²) in [7, 11) is 1.81. The fourth-order valence-corrected chi connectivity index (χ4v) is 3.13. The number of nitrogens with one attached hydrogen (secondary N) is 1. The number of nitrogens with zero attached hydrogens (tertiary/aromatic N) is 3. The van der Waals surface area contributed by atoms with Gasteiger partial charge >= 0.3 is 0 Å². The summed E-state index contributed by atoms with van der Waals surface area (Å²) in [5, 5.41) is 14.2. The number of phenols is 1. The molecule has 140 valence electrons. The molecule has 1 fully saturated rings. The summed E-state index contributed by atoms with van der Waals surface area (Å²) >= 11 is 5.92. The van der Waals surface area contributed by atoms with Gasteiger partial charge in [0.15, 0.2) is 5.96 Å². The second-order valence-corrected chi connectivity index (χ2v) is 6.43. The van der Waals surface area contributed by atoms with Gasteiger partial charge in [0, 0.05) is 44.8 Å². The zero-order chi connectivity index (χ0) is 17.6. The number of rotatable bonds is 3. The number of hydrogen-bond acceptors (Lipinski definition) is 3. The van der Waals surface area contributed by atoms with E-state index in [1.54, 1.807) is 13.1 Å². The molecule has 1 saturated heterocycles. The number of phenolic OH excluding ortho intramolecular Hbond substituents is 1. The van der Waals surface area contributed by atoms with Crippen LogP contribution in [0.1, 0.15) is 5.56 Å². The number of para-hydroxylation sites is 2. The van der Waals surface area contributed by atoms with Gasteiger partial charge in [-0.1, -0.05) is 35.9 Å². The second-order valence-electron chi connectivity index (χ2n) is 5.99. The van der Waals surface area contributed by atoms with E-state index in [1.165, 1.54) is 5.56 Å². The number of anilines is 1. The number of guanidine groups is 1. The quantitative estimate of drug-likeness (QED) is 0.396. The Morgan fingerprint density at radius 1 is 1.08 bits per heavy atom. The van der Waals surface area contributed by atoms with Gasteiger partial charge in [0.2, 0.25) is 0 Å². The minimum absolute atomic E-state index is 0. The van der Waals surface area contributed by atoms with E-state index in [9.17, 15) is 5.11 Å². The summed E-state index contributed by atoms with van der Waals surface area (Å²) in [5.41, 5.74) is 2.06. The highest BCUT2D eigenvalue weighted by Gasteiger charge is 2.21. The normalized spacial score (nSPS) is 14.8. The van der Waals surface area contributed by atoms with Gasteiger partial charge in [-0.2, -0.15) is 0 Å². The molecular weight excluding hydrogens is 463 g/mol. The van der Waals surface area contributed by atoms with Crippen molar-refractivity contribution in [1.82, 2.24) is 10.2 Å². The van der Waals surface area contributed by atoms with E-state index in [2.05, 4.69) is 20.1 Å². The van der Waals surface area contributed by atoms with Crippen molar-refractivity contribution in [2.75, 3.05) is 38.1 Å². The molecule has 0 aromatic heterocycles. The summed E-state index contributed by atoms with van der Waals surface area (Å²) in [6.07, 6.45) is 0. The van der Waals surface area contributed by atoms with Crippen LogP contribution >= 0.6 is 35.6 Å². The second kappa shape index (κ2) is 9.87. The molecule has 0 atom stereocenters. The van der Waals surface area contributed by atoms with Gasteiger partial charge in [-0.15, -0.1) is 24.0 Å². The van der Waals surface area contributed by atoms with E-state index >= 15 is 0 Å². The molecule has 0 spiro atoms. The molecule has 3 rings (SSSR count). The average Bonchev–Trinajstić information content (AvgIpc) is 2.65. The van der Waals surface area contributed by atoms with Crippen molar-refractivity contribution in [3.8, 4) is 5.75 Å². The molecule has 0 saturated carbocycles. The highest BCUT2D eigenvalue weighted by Crippen LogP contribution is 2.27. The lowest BCUT2D eigenvalue weighted by molar-refractivity contribution is 0.369. The maximum atomic E-state index is 10.0. The van der Waals surface area contributed by atoms with E-state index in [4.69, 9.17) is 11.6 Å². The molecule has 0 unspecified atom stereocenters. The molecule has 1 aliphatic heterocycles. The van der Waals surface area contributed by atoms with E-state index in [-0.39, 0.29) is 24.0 Å². The lowest BCUT2D eigenvalue weighted by Gasteiger charge is -2.37. The third kappa shape index (κ3) is 5.17. The lowest BCUT2D eigenvalue weighted by Crippen LogP contribution is -2.52. The number of aromatic hydroxyl groups is 1. The van der Waals surface area contributed by atoms with Crippen LogP contribution in [0.4, 0.5) is 5.69 Å². The number of piperazine rings is 1. The first-order valence-corrected chi connectivity index (χ1v) is 8.78. The molecular formula is C19H24ClIN4O. The van der Waals surface area contributed by atoms with Gasteiger partial charge in [-0.25, -0.2) is 0 Å². The van der Waals surface area contributed by atoms with Gasteiger partial charge in [0.05, 0.1) is 5.69 Å². The predicted octanol–water partition coefficient (Wildman–Crippen LogP) is 3.56. The summed E-state index contributed by atoms with van der Waals surface area (Å²) in [5.74, 6) is 1.23. The standard InChI is InChI=1S/C19H23ClN4O.HI/c1-21-19(22-14-15-6-8-16(20)9-7-15)24-12-10-23(11-13-24)17-4-2-3-5-18(17)25;/h2-9,25H,10-14H2,1H3,(H,21,22);1H. The Bertz CT molecular complexity index is 731. The Kier molecular flexibility index (Phi) is 7.84. The van der Waals surface area contributed by atoms with Crippen molar-refractivity contribution in [1.29, 1.82) is 0 Å². The molecule has 0 radical (unpaired) electrons. The smallest absolute Gasteiger partial charge is 0.194 e. The van der Waals surface area contributed by atoms with Gasteiger partial charge in [-0.3, -0.25) is 4.99 Å². The van der Waals surface area contributed by atoms with E-state index in [0.29, 0.717) is 12.3 Å². The molecule has 2 aromatic carbocycles. The zero-order valence-electron chi connectivity index (χ0n) is 14.7. The summed E-state index contributed by atoms with van der Waals surface area (Å²) in [6.45, 7) is 4.12. The molecule has 0 amide bonds. The van der Waals surface area contributed by atoms with Crippen LogP contribution in [0.2, 0.25) is 5.02 Å².